The van der Waals surface area contributed by atoms with Crippen molar-refractivity contribution in [3.63, 3.8) is 0 Å². The zero-order chi connectivity index (χ0) is 18.1. The molecule has 0 aliphatic carbocycles. The molecule has 2 aromatic carbocycles. The van der Waals surface area contributed by atoms with Crippen LogP contribution in [0.1, 0.15) is 16.9 Å². The molecule has 0 N–H and O–H groups in total. The molecule has 6 nitrogen and oxygen atoms in total. The molecule has 0 fully saturated rings. The van der Waals surface area contributed by atoms with E-state index in [2.05, 4.69) is 5.16 Å². The summed E-state index contributed by atoms with van der Waals surface area (Å²) < 4.78 is 38.1. The SMILES string of the molecule is Cc1cccc(Oc2ccc(S(=O)(=O)N3CCc4oncc4C3)cc2)c1. The average molecular weight is 370 g/mol. The van der Waals surface area contributed by atoms with E-state index in [1.54, 1.807) is 30.5 Å². The van der Waals surface area contributed by atoms with Gasteiger partial charge in [-0.25, -0.2) is 8.42 Å². The first-order chi connectivity index (χ1) is 12.5. The fourth-order valence-corrected chi connectivity index (χ4v) is 4.38. The van der Waals surface area contributed by atoms with Crippen LogP contribution in [0.3, 0.4) is 0 Å². The van der Waals surface area contributed by atoms with Crippen LogP contribution in [-0.4, -0.2) is 24.4 Å². The van der Waals surface area contributed by atoms with Crippen LogP contribution in [0.2, 0.25) is 0 Å². The Morgan fingerprint density at radius 1 is 1.12 bits per heavy atom. The molecule has 3 aromatic rings. The van der Waals surface area contributed by atoms with Crippen LogP contribution in [0.25, 0.3) is 0 Å². The second-order valence-corrected chi connectivity index (χ2v) is 8.19. The molecule has 134 valence electrons. The van der Waals surface area contributed by atoms with E-state index in [1.165, 1.54) is 4.31 Å². The highest BCUT2D eigenvalue weighted by molar-refractivity contribution is 7.89. The van der Waals surface area contributed by atoms with Gasteiger partial charge in [-0.05, 0) is 48.9 Å². The molecule has 0 saturated heterocycles. The molecule has 0 radical (unpaired) electrons. The number of hydrogen-bond donors (Lipinski definition) is 0. The number of aryl methyl sites for hydroxylation is 1. The molecule has 0 saturated carbocycles. The van der Waals surface area contributed by atoms with E-state index in [4.69, 9.17) is 9.26 Å². The quantitative estimate of drug-likeness (QED) is 0.703. The molecule has 26 heavy (non-hydrogen) atoms. The first-order valence-electron chi connectivity index (χ1n) is 8.29. The van der Waals surface area contributed by atoms with Crippen LogP contribution in [0.4, 0.5) is 0 Å². The predicted molar refractivity (Wildman–Crippen MR) is 95.5 cm³/mol. The maximum atomic E-state index is 12.9. The van der Waals surface area contributed by atoms with Gasteiger partial charge in [-0.1, -0.05) is 17.3 Å². The van der Waals surface area contributed by atoms with Crippen molar-refractivity contribution in [2.45, 2.75) is 24.8 Å². The Hall–Kier alpha value is -2.64. The lowest BCUT2D eigenvalue weighted by Crippen LogP contribution is -2.35. The van der Waals surface area contributed by atoms with Crippen LogP contribution < -0.4 is 4.74 Å². The molecule has 2 heterocycles. The molecule has 1 aromatic heterocycles. The van der Waals surface area contributed by atoms with Gasteiger partial charge in [0.05, 0.1) is 11.1 Å². The highest BCUT2D eigenvalue weighted by Gasteiger charge is 2.30. The fraction of sp³-hybridized carbons (Fsp3) is 0.211. The van der Waals surface area contributed by atoms with Crippen LogP contribution in [0, 0.1) is 6.92 Å². The summed E-state index contributed by atoms with van der Waals surface area (Å²) in [6.45, 7) is 2.65. The molecular formula is C19H18N2O4S. The lowest BCUT2D eigenvalue weighted by atomic mass is 10.1. The van der Waals surface area contributed by atoms with Gasteiger partial charge in [0.2, 0.25) is 10.0 Å². The smallest absolute Gasteiger partial charge is 0.243 e. The largest absolute Gasteiger partial charge is 0.457 e. The predicted octanol–water partition coefficient (Wildman–Crippen LogP) is 3.52. The number of benzene rings is 2. The van der Waals surface area contributed by atoms with Gasteiger partial charge in [0.1, 0.15) is 17.3 Å². The third-order valence-electron chi connectivity index (χ3n) is 4.35. The highest BCUT2D eigenvalue weighted by Crippen LogP contribution is 2.27. The zero-order valence-corrected chi connectivity index (χ0v) is 15.1. The summed E-state index contributed by atoms with van der Waals surface area (Å²) in [7, 11) is -3.57. The fourth-order valence-electron chi connectivity index (χ4n) is 2.96. The van der Waals surface area contributed by atoms with E-state index in [0.717, 1.165) is 22.6 Å². The molecule has 1 aliphatic rings. The molecular weight excluding hydrogens is 352 g/mol. The van der Waals surface area contributed by atoms with E-state index in [1.807, 2.05) is 31.2 Å². The average Bonchev–Trinajstić information content (AvgIpc) is 3.10. The molecule has 0 spiro atoms. The second-order valence-electron chi connectivity index (χ2n) is 6.25. The van der Waals surface area contributed by atoms with E-state index in [-0.39, 0.29) is 11.4 Å². The number of ether oxygens (including phenoxy) is 1. The maximum Gasteiger partial charge on any atom is 0.243 e. The van der Waals surface area contributed by atoms with Gasteiger partial charge in [-0.3, -0.25) is 0 Å². The summed E-state index contributed by atoms with van der Waals surface area (Å²) in [5.74, 6) is 2.07. The Kier molecular flexibility index (Phi) is 4.26. The monoisotopic (exact) mass is 370 g/mol. The number of hydrogen-bond acceptors (Lipinski definition) is 5. The van der Waals surface area contributed by atoms with Crippen LogP contribution in [0.5, 0.6) is 11.5 Å². The Morgan fingerprint density at radius 2 is 1.92 bits per heavy atom. The lowest BCUT2D eigenvalue weighted by molar-refractivity contribution is 0.331. The molecule has 0 atom stereocenters. The Bertz CT molecular complexity index is 1030. The first-order valence-corrected chi connectivity index (χ1v) is 9.73. The van der Waals surface area contributed by atoms with Gasteiger partial charge in [-0.15, -0.1) is 0 Å². The minimum Gasteiger partial charge on any atom is -0.457 e. The van der Waals surface area contributed by atoms with Crippen LogP contribution >= 0.6 is 0 Å². The van der Waals surface area contributed by atoms with Crippen molar-refractivity contribution in [2.24, 2.45) is 0 Å². The zero-order valence-electron chi connectivity index (χ0n) is 14.3. The summed E-state index contributed by atoms with van der Waals surface area (Å²) in [5, 5.41) is 3.74. The van der Waals surface area contributed by atoms with Crippen molar-refractivity contribution < 1.29 is 17.7 Å². The van der Waals surface area contributed by atoms with Crippen molar-refractivity contribution in [1.29, 1.82) is 0 Å². The van der Waals surface area contributed by atoms with E-state index >= 15 is 0 Å². The van der Waals surface area contributed by atoms with Crippen LogP contribution in [-0.2, 0) is 23.0 Å². The molecule has 4 rings (SSSR count). The first kappa shape index (κ1) is 16.8. The third kappa shape index (κ3) is 3.23. The summed E-state index contributed by atoms with van der Waals surface area (Å²) in [5.41, 5.74) is 1.92. The van der Waals surface area contributed by atoms with Crippen molar-refractivity contribution in [1.82, 2.24) is 9.46 Å². The lowest BCUT2D eigenvalue weighted by Gasteiger charge is -2.25. The molecule has 0 unspecified atom stereocenters. The number of rotatable bonds is 4. The molecule has 0 bridgehead atoms. The molecule has 1 aliphatic heterocycles. The number of sulfonamides is 1. The van der Waals surface area contributed by atoms with E-state index < -0.39 is 10.0 Å². The number of nitrogens with zero attached hydrogens (tertiary/aromatic N) is 2. The maximum absolute atomic E-state index is 12.9. The van der Waals surface area contributed by atoms with Crippen molar-refractivity contribution in [2.75, 3.05) is 6.54 Å². The van der Waals surface area contributed by atoms with Crippen molar-refractivity contribution in [3.05, 3.63) is 71.6 Å². The van der Waals surface area contributed by atoms with Gasteiger partial charge in [0.15, 0.2) is 0 Å². The van der Waals surface area contributed by atoms with E-state index in [9.17, 15) is 8.42 Å². The van der Waals surface area contributed by atoms with Gasteiger partial charge >= 0.3 is 0 Å². The Labute approximate surface area is 152 Å². The van der Waals surface area contributed by atoms with Gasteiger partial charge in [0.25, 0.3) is 0 Å². The normalized spacial score (nSPS) is 14.8. The Balaban J connectivity index is 1.52. The summed E-state index contributed by atoms with van der Waals surface area (Å²) in [6.07, 6.45) is 2.11. The second kappa shape index (κ2) is 6.59. The Morgan fingerprint density at radius 3 is 2.69 bits per heavy atom. The van der Waals surface area contributed by atoms with E-state index in [0.29, 0.717) is 18.7 Å². The minimum atomic E-state index is -3.57. The number of fused-ring (bicyclic) bond motifs is 1. The standard InChI is InChI=1S/C19H18N2O4S/c1-14-3-2-4-17(11-14)24-16-5-7-18(8-6-16)26(22,23)21-10-9-19-15(13-21)12-20-25-19/h2-8,11-12H,9-10,13H2,1H3. The summed E-state index contributed by atoms with van der Waals surface area (Å²) in [6, 6.07) is 14.2. The van der Waals surface area contributed by atoms with Gasteiger partial charge in [0, 0.05) is 25.1 Å². The van der Waals surface area contributed by atoms with Crippen molar-refractivity contribution >= 4 is 10.0 Å². The van der Waals surface area contributed by atoms with Crippen molar-refractivity contribution in [3.8, 4) is 11.5 Å². The summed E-state index contributed by atoms with van der Waals surface area (Å²) in [4.78, 5) is 0.244. The highest BCUT2D eigenvalue weighted by atomic mass is 32.2. The molecule has 7 heteroatoms. The van der Waals surface area contributed by atoms with Crippen LogP contribution in [0.15, 0.2) is 64.1 Å². The summed E-state index contributed by atoms with van der Waals surface area (Å²) >= 11 is 0. The van der Waals surface area contributed by atoms with Gasteiger partial charge in [-0.2, -0.15) is 4.31 Å². The number of aromatic nitrogens is 1. The minimum absolute atomic E-state index is 0.244. The van der Waals surface area contributed by atoms with Gasteiger partial charge < -0.3 is 9.26 Å². The third-order valence-corrected chi connectivity index (χ3v) is 6.21. The topological polar surface area (TPSA) is 72.6 Å². The molecule has 0 amide bonds.